The summed E-state index contributed by atoms with van der Waals surface area (Å²) in [6.45, 7) is 4.54. The average molecular weight is 295 g/mol. The molecule has 2 rings (SSSR count). The monoisotopic (exact) mass is 295 g/mol. The van der Waals surface area contributed by atoms with E-state index in [1.54, 1.807) is 0 Å². The predicted octanol–water partition coefficient (Wildman–Crippen LogP) is 1.85. The topological polar surface area (TPSA) is 67.6 Å². The summed E-state index contributed by atoms with van der Waals surface area (Å²) in [6.07, 6.45) is 2.32. The normalized spacial score (nSPS) is 18.1. The maximum Gasteiger partial charge on any atom is 0.238 e. The molecule has 1 unspecified atom stereocenters. The number of benzene rings is 1. The lowest BCUT2D eigenvalue weighted by Crippen LogP contribution is -2.38. The van der Waals surface area contributed by atoms with E-state index in [4.69, 9.17) is 10.5 Å². The van der Waals surface area contributed by atoms with E-state index in [0.717, 1.165) is 32.5 Å². The molecule has 1 aromatic carbocycles. The van der Waals surface area contributed by atoms with Gasteiger partial charge in [0.1, 0.15) is 5.82 Å². The van der Waals surface area contributed by atoms with Crippen LogP contribution < -0.4 is 11.1 Å². The van der Waals surface area contributed by atoms with Crippen LogP contribution in [0.15, 0.2) is 18.2 Å². The lowest BCUT2D eigenvalue weighted by atomic mass is 10.2. The Balaban J connectivity index is 1.88. The Morgan fingerprint density at radius 3 is 3.05 bits per heavy atom. The van der Waals surface area contributed by atoms with Crippen LogP contribution in [-0.2, 0) is 9.53 Å². The Morgan fingerprint density at radius 1 is 1.57 bits per heavy atom. The third-order valence-electron chi connectivity index (χ3n) is 3.59. The number of nitrogens with one attached hydrogen (secondary N) is 1. The molecule has 1 aliphatic heterocycles. The number of amides is 1. The van der Waals surface area contributed by atoms with Crippen molar-refractivity contribution in [2.45, 2.75) is 25.9 Å². The van der Waals surface area contributed by atoms with Crippen molar-refractivity contribution >= 4 is 17.3 Å². The number of rotatable bonds is 6. The highest BCUT2D eigenvalue weighted by Gasteiger charge is 2.20. The fourth-order valence-corrected chi connectivity index (χ4v) is 2.41. The van der Waals surface area contributed by atoms with Gasteiger partial charge >= 0.3 is 0 Å². The highest BCUT2D eigenvalue weighted by atomic mass is 19.1. The smallest absolute Gasteiger partial charge is 0.238 e. The van der Waals surface area contributed by atoms with Gasteiger partial charge in [-0.1, -0.05) is 6.92 Å². The number of likely N-dealkylation sites (N-methyl/N-ethyl adjacent to an activating group) is 1. The predicted molar refractivity (Wildman–Crippen MR) is 80.5 cm³/mol. The minimum Gasteiger partial charge on any atom is -0.397 e. The Bertz CT molecular complexity index is 490. The zero-order chi connectivity index (χ0) is 15.2. The Hall–Kier alpha value is -1.66. The Kier molecular flexibility index (Phi) is 5.52. The van der Waals surface area contributed by atoms with Crippen LogP contribution in [0.3, 0.4) is 0 Å². The highest BCUT2D eigenvalue weighted by molar-refractivity contribution is 5.95. The zero-order valence-electron chi connectivity index (χ0n) is 12.3. The van der Waals surface area contributed by atoms with Gasteiger partial charge < -0.3 is 15.8 Å². The van der Waals surface area contributed by atoms with Gasteiger partial charge in [0.2, 0.25) is 5.91 Å². The number of ether oxygens (including phenoxy) is 1. The summed E-state index contributed by atoms with van der Waals surface area (Å²) in [5, 5.41) is 2.65. The molecule has 0 radical (unpaired) electrons. The van der Waals surface area contributed by atoms with Crippen LogP contribution in [0.4, 0.5) is 15.8 Å². The summed E-state index contributed by atoms with van der Waals surface area (Å²) in [4.78, 5) is 14.1. The van der Waals surface area contributed by atoms with Crippen LogP contribution >= 0.6 is 0 Å². The molecule has 1 aliphatic rings. The van der Waals surface area contributed by atoms with Crippen LogP contribution in [-0.4, -0.2) is 43.2 Å². The second-order valence-electron chi connectivity index (χ2n) is 5.24. The van der Waals surface area contributed by atoms with Gasteiger partial charge in [0.15, 0.2) is 0 Å². The highest BCUT2D eigenvalue weighted by Crippen LogP contribution is 2.19. The van der Waals surface area contributed by atoms with Crippen molar-refractivity contribution < 1.29 is 13.9 Å². The average Bonchev–Trinajstić information content (AvgIpc) is 2.95. The molecule has 1 heterocycles. The van der Waals surface area contributed by atoms with E-state index >= 15 is 0 Å². The molecule has 3 N–H and O–H groups in total. The summed E-state index contributed by atoms with van der Waals surface area (Å²) in [5.74, 6) is -0.627. The molecule has 0 bridgehead atoms. The van der Waals surface area contributed by atoms with Gasteiger partial charge in [-0.15, -0.1) is 0 Å². The van der Waals surface area contributed by atoms with Crippen molar-refractivity contribution in [2.75, 3.05) is 37.3 Å². The molecule has 1 fully saturated rings. The lowest BCUT2D eigenvalue weighted by molar-refractivity contribution is -0.117. The number of carbonyl (C=O) groups is 1. The summed E-state index contributed by atoms with van der Waals surface area (Å²) in [5.41, 5.74) is 6.38. The molecule has 6 heteroatoms. The quantitative estimate of drug-likeness (QED) is 0.786. The van der Waals surface area contributed by atoms with E-state index in [2.05, 4.69) is 5.32 Å². The van der Waals surface area contributed by atoms with Crippen molar-refractivity contribution in [2.24, 2.45) is 0 Å². The number of carbonyl (C=O) groups excluding carboxylic acids is 1. The molecule has 1 amide bonds. The summed E-state index contributed by atoms with van der Waals surface area (Å²) in [6, 6.07) is 3.93. The molecule has 5 nitrogen and oxygen atoms in total. The van der Waals surface area contributed by atoms with Gasteiger partial charge in [0.25, 0.3) is 0 Å². The molecule has 21 heavy (non-hydrogen) atoms. The summed E-state index contributed by atoms with van der Waals surface area (Å²) >= 11 is 0. The number of nitrogen functional groups attached to an aromatic ring is 1. The standard InChI is InChI=1S/C15H22FN3O2/c1-2-19(9-12-4-3-7-21-12)10-15(20)18-14-8-11(16)5-6-13(14)17/h5-6,8,12H,2-4,7,9-10,17H2,1H3,(H,18,20). The molecule has 0 spiro atoms. The Labute approximate surface area is 124 Å². The summed E-state index contributed by atoms with van der Waals surface area (Å²) < 4.78 is 18.7. The van der Waals surface area contributed by atoms with E-state index in [-0.39, 0.29) is 18.6 Å². The first-order chi connectivity index (χ1) is 10.1. The molecule has 1 atom stereocenters. The first kappa shape index (κ1) is 15.7. The van der Waals surface area contributed by atoms with Crippen molar-refractivity contribution in [3.8, 4) is 0 Å². The third-order valence-corrected chi connectivity index (χ3v) is 3.59. The fourth-order valence-electron chi connectivity index (χ4n) is 2.41. The van der Waals surface area contributed by atoms with Crippen LogP contribution in [0.25, 0.3) is 0 Å². The number of hydrogen-bond donors (Lipinski definition) is 2. The van der Waals surface area contributed by atoms with Gasteiger partial charge in [-0.2, -0.15) is 0 Å². The molecule has 0 saturated carbocycles. The van der Waals surface area contributed by atoms with E-state index < -0.39 is 5.82 Å². The van der Waals surface area contributed by atoms with Crippen molar-refractivity contribution in [3.05, 3.63) is 24.0 Å². The van der Waals surface area contributed by atoms with Crippen molar-refractivity contribution in [1.82, 2.24) is 4.90 Å². The zero-order valence-corrected chi connectivity index (χ0v) is 12.3. The molecule has 1 aromatic rings. The SMILES string of the molecule is CCN(CC(=O)Nc1cc(F)ccc1N)CC1CCCO1. The summed E-state index contributed by atoms with van der Waals surface area (Å²) in [7, 11) is 0. The van der Waals surface area contributed by atoms with Gasteiger partial charge in [-0.05, 0) is 37.6 Å². The fraction of sp³-hybridized carbons (Fsp3) is 0.533. The van der Waals surface area contributed by atoms with Crippen LogP contribution in [0.2, 0.25) is 0 Å². The largest absolute Gasteiger partial charge is 0.397 e. The molecular formula is C15H22FN3O2. The van der Waals surface area contributed by atoms with Gasteiger partial charge in [0.05, 0.1) is 24.0 Å². The second kappa shape index (κ2) is 7.38. The molecule has 116 valence electrons. The molecular weight excluding hydrogens is 273 g/mol. The lowest BCUT2D eigenvalue weighted by Gasteiger charge is -2.23. The molecule has 0 aliphatic carbocycles. The number of nitrogens with two attached hydrogens (primary N) is 1. The van der Waals surface area contributed by atoms with Crippen LogP contribution in [0.1, 0.15) is 19.8 Å². The molecule has 1 saturated heterocycles. The van der Waals surface area contributed by atoms with Gasteiger partial charge in [-0.25, -0.2) is 4.39 Å². The number of halogens is 1. The van der Waals surface area contributed by atoms with Crippen LogP contribution in [0.5, 0.6) is 0 Å². The van der Waals surface area contributed by atoms with Crippen LogP contribution in [0, 0.1) is 5.82 Å². The van der Waals surface area contributed by atoms with Crippen molar-refractivity contribution in [1.29, 1.82) is 0 Å². The minimum atomic E-state index is -0.425. The first-order valence-electron chi connectivity index (χ1n) is 7.27. The molecule has 0 aromatic heterocycles. The van der Waals surface area contributed by atoms with E-state index in [1.807, 2.05) is 11.8 Å². The van der Waals surface area contributed by atoms with Crippen molar-refractivity contribution in [3.63, 3.8) is 0 Å². The van der Waals surface area contributed by atoms with E-state index in [1.165, 1.54) is 18.2 Å². The van der Waals surface area contributed by atoms with Gasteiger partial charge in [0, 0.05) is 13.2 Å². The van der Waals surface area contributed by atoms with Gasteiger partial charge in [-0.3, -0.25) is 9.69 Å². The Morgan fingerprint density at radius 2 is 2.38 bits per heavy atom. The van der Waals surface area contributed by atoms with E-state index in [0.29, 0.717) is 11.4 Å². The van der Waals surface area contributed by atoms with E-state index in [9.17, 15) is 9.18 Å². The third kappa shape index (κ3) is 4.68. The minimum absolute atomic E-state index is 0.202. The number of hydrogen-bond acceptors (Lipinski definition) is 4. The number of anilines is 2. The number of nitrogens with zero attached hydrogens (tertiary/aromatic N) is 1. The first-order valence-corrected chi connectivity index (χ1v) is 7.27. The maximum absolute atomic E-state index is 13.2. The second-order valence-corrected chi connectivity index (χ2v) is 5.24. The maximum atomic E-state index is 13.2.